The molecule has 1 aliphatic rings. The van der Waals surface area contributed by atoms with Crippen LogP contribution in [0.2, 0.25) is 0 Å². The number of carbonyl (C=O) groups is 1. The van der Waals surface area contributed by atoms with E-state index in [4.69, 9.17) is 10.5 Å². The predicted molar refractivity (Wildman–Crippen MR) is 55.7 cm³/mol. The maximum Gasteiger partial charge on any atom is 0.404 e. The van der Waals surface area contributed by atoms with Crippen LogP contribution >= 0.6 is 0 Å². The molecule has 1 fully saturated rings. The standard InChI is InChI=1S/C9H19N3O3/c10-9(13)15-8-7-14-6-5-12-3-1-11-2-4-12/h11H,1-8H2,(H2,10,13). The van der Waals surface area contributed by atoms with E-state index in [9.17, 15) is 4.79 Å². The number of primary amides is 1. The second kappa shape index (κ2) is 7.44. The molecule has 3 N–H and O–H groups in total. The van der Waals surface area contributed by atoms with E-state index in [-0.39, 0.29) is 6.61 Å². The topological polar surface area (TPSA) is 76.8 Å². The Kier molecular flexibility index (Phi) is 6.06. The molecule has 0 saturated carbocycles. The number of piperazine rings is 1. The third-order valence-electron chi connectivity index (χ3n) is 2.23. The molecular formula is C9H19N3O3. The van der Waals surface area contributed by atoms with E-state index in [1.807, 2.05) is 0 Å². The van der Waals surface area contributed by atoms with Gasteiger partial charge in [-0.25, -0.2) is 4.79 Å². The second-order valence-electron chi connectivity index (χ2n) is 3.37. The Morgan fingerprint density at radius 3 is 2.67 bits per heavy atom. The van der Waals surface area contributed by atoms with E-state index in [2.05, 4.69) is 15.0 Å². The van der Waals surface area contributed by atoms with E-state index in [0.29, 0.717) is 13.2 Å². The average molecular weight is 217 g/mol. The fourth-order valence-electron chi connectivity index (χ4n) is 1.43. The number of carbonyl (C=O) groups excluding carboxylic acids is 1. The lowest BCUT2D eigenvalue weighted by Gasteiger charge is -2.26. The normalized spacial score (nSPS) is 17.6. The smallest absolute Gasteiger partial charge is 0.404 e. The number of amides is 1. The van der Waals surface area contributed by atoms with Crippen LogP contribution in [-0.2, 0) is 9.47 Å². The lowest BCUT2D eigenvalue weighted by atomic mass is 10.4. The van der Waals surface area contributed by atoms with Gasteiger partial charge in [0.1, 0.15) is 6.61 Å². The van der Waals surface area contributed by atoms with Crippen LogP contribution in [0.25, 0.3) is 0 Å². The molecule has 0 aliphatic carbocycles. The van der Waals surface area contributed by atoms with Gasteiger partial charge in [0.15, 0.2) is 0 Å². The molecule has 1 rings (SSSR count). The lowest BCUT2D eigenvalue weighted by molar-refractivity contribution is 0.0612. The first-order chi connectivity index (χ1) is 7.29. The molecule has 88 valence electrons. The molecule has 0 aromatic heterocycles. The largest absolute Gasteiger partial charge is 0.447 e. The molecule has 0 aromatic carbocycles. The van der Waals surface area contributed by atoms with Gasteiger partial charge in [-0.2, -0.15) is 0 Å². The molecule has 1 heterocycles. The monoisotopic (exact) mass is 217 g/mol. The molecule has 6 heteroatoms. The summed E-state index contributed by atoms with van der Waals surface area (Å²) in [5.74, 6) is 0. The Morgan fingerprint density at radius 1 is 1.27 bits per heavy atom. The van der Waals surface area contributed by atoms with Gasteiger partial charge in [0.2, 0.25) is 0 Å². The summed E-state index contributed by atoms with van der Waals surface area (Å²) >= 11 is 0. The van der Waals surface area contributed by atoms with Crippen molar-refractivity contribution in [2.45, 2.75) is 0 Å². The number of hydrogen-bond acceptors (Lipinski definition) is 5. The van der Waals surface area contributed by atoms with E-state index in [1.165, 1.54) is 0 Å². The summed E-state index contributed by atoms with van der Waals surface area (Å²) in [4.78, 5) is 12.5. The predicted octanol–water partition coefficient (Wildman–Crippen LogP) is -0.996. The van der Waals surface area contributed by atoms with Crippen LogP contribution in [-0.4, -0.2) is 63.5 Å². The van der Waals surface area contributed by atoms with Crippen molar-refractivity contribution in [3.8, 4) is 0 Å². The number of hydrogen-bond donors (Lipinski definition) is 2. The van der Waals surface area contributed by atoms with Crippen molar-refractivity contribution < 1.29 is 14.3 Å². The lowest BCUT2D eigenvalue weighted by Crippen LogP contribution is -2.44. The molecule has 0 spiro atoms. The fraction of sp³-hybridized carbons (Fsp3) is 0.889. The summed E-state index contributed by atoms with van der Waals surface area (Å²) in [6.07, 6.45) is -0.749. The molecule has 6 nitrogen and oxygen atoms in total. The SMILES string of the molecule is NC(=O)OCCOCCN1CCNCC1. The van der Waals surface area contributed by atoms with E-state index in [1.54, 1.807) is 0 Å². The zero-order valence-corrected chi connectivity index (χ0v) is 8.91. The van der Waals surface area contributed by atoms with Gasteiger partial charge >= 0.3 is 6.09 Å². The van der Waals surface area contributed by atoms with E-state index >= 15 is 0 Å². The van der Waals surface area contributed by atoms with Crippen molar-refractivity contribution in [2.24, 2.45) is 5.73 Å². The Hall–Kier alpha value is -0.850. The highest BCUT2D eigenvalue weighted by molar-refractivity contribution is 5.64. The fourth-order valence-corrected chi connectivity index (χ4v) is 1.43. The molecule has 0 radical (unpaired) electrons. The van der Waals surface area contributed by atoms with Crippen LogP contribution in [0.3, 0.4) is 0 Å². The molecule has 1 saturated heterocycles. The Labute approximate surface area is 89.7 Å². The number of nitrogens with two attached hydrogens (primary N) is 1. The number of rotatable bonds is 6. The van der Waals surface area contributed by atoms with Gasteiger partial charge in [0, 0.05) is 32.7 Å². The number of ether oxygens (including phenoxy) is 2. The first-order valence-corrected chi connectivity index (χ1v) is 5.22. The van der Waals surface area contributed by atoms with Gasteiger partial charge in [0.25, 0.3) is 0 Å². The highest BCUT2D eigenvalue weighted by Crippen LogP contribution is 1.91. The van der Waals surface area contributed by atoms with Crippen LogP contribution in [0, 0.1) is 0 Å². The van der Waals surface area contributed by atoms with Crippen molar-refractivity contribution in [1.82, 2.24) is 10.2 Å². The van der Waals surface area contributed by atoms with Crippen molar-refractivity contribution in [3.63, 3.8) is 0 Å². The summed E-state index contributed by atoms with van der Waals surface area (Å²) in [5.41, 5.74) is 4.79. The highest BCUT2D eigenvalue weighted by atomic mass is 16.6. The van der Waals surface area contributed by atoms with Crippen LogP contribution in [0.15, 0.2) is 0 Å². The van der Waals surface area contributed by atoms with Gasteiger partial charge in [-0.1, -0.05) is 0 Å². The van der Waals surface area contributed by atoms with Crippen LogP contribution in [0.5, 0.6) is 0 Å². The molecule has 0 aromatic rings. The molecule has 0 unspecified atom stereocenters. The first kappa shape index (κ1) is 12.2. The summed E-state index contributed by atoms with van der Waals surface area (Å²) in [6.45, 7) is 6.48. The number of nitrogens with zero attached hydrogens (tertiary/aromatic N) is 1. The highest BCUT2D eigenvalue weighted by Gasteiger charge is 2.08. The van der Waals surface area contributed by atoms with Crippen LogP contribution in [0.4, 0.5) is 4.79 Å². The van der Waals surface area contributed by atoms with Crippen molar-refractivity contribution in [1.29, 1.82) is 0 Å². The van der Waals surface area contributed by atoms with Crippen molar-refractivity contribution >= 4 is 6.09 Å². The summed E-state index contributed by atoms with van der Waals surface area (Å²) in [7, 11) is 0. The zero-order valence-electron chi connectivity index (χ0n) is 8.91. The third kappa shape index (κ3) is 6.27. The van der Waals surface area contributed by atoms with Gasteiger partial charge in [-0.05, 0) is 0 Å². The molecule has 0 bridgehead atoms. The number of nitrogens with one attached hydrogen (secondary N) is 1. The minimum Gasteiger partial charge on any atom is -0.447 e. The Balaban J connectivity index is 1.85. The van der Waals surface area contributed by atoms with Crippen molar-refractivity contribution in [2.75, 3.05) is 52.5 Å². The zero-order chi connectivity index (χ0) is 10.9. The maximum atomic E-state index is 10.2. The van der Waals surface area contributed by atoms with Crippen LogP contribution in [0.1, 0.15) is 0 Å². The van der Waals surface area contributed by atoms with E-state index < -0.39 is 6.09 Å². The maximum absolute atomic E-state index is 10.2. The average Bonchev–Trinajstić information content (AvgIpc) is 2.24. The second-order valence-corrected chi connectivity index (χ2v) is 3.37. The molecule has 0 atom stereocenters. The quantitative estimate of drug-likeness (QED) is 0.558. The Morgan fingerprint density at radius 2 is 2.00 bits per heavy atom. The summed E-state index contributed by atoms with van der Waals surface area (Å²) in [6, 6.07) is 0. The van der Waals surface area contributed by atoms with Crippen LogP contribution < -0.4 is 11.1 Å². The molecule has 1 aliphatic heterocycles. The minimum atomic E-state index is -0.749. The van der Waals surface area contributed by atoms with Gasteiger partial charge in [-0.15, -0.1) is 0 Å². The minimum absolute atomic E-state index is 0.233. The van der Waals surface area contributed by atoms with Gasteiger partial charge < -0.3 is 20.5 Å². The van der Waals surface area contributed by atoms with Gasteiger partial charge in [-0.3, -0.25) is 4.90 Å². The van der Waals surface area contributed by atoms with E-state index in [0.717, 1.165) is 32.7 Å². The first-order valence-electron chi connectivity index (χ1n) is 5.22. The van der Waals surface area contributed by atoms with Crippen molar-refractivity contribution in [3.05, 3.63) is 0 Å². The van der Waals surface area contributed by atoms with Gasteiger partial charge in [0.05, 0.1) is 13.2 Å². The third-order valence-corrected chi connectivity index (χ3v) is 2.23. The molecular weight excluding hydrogens is 198 g/mol. The molecule has 1 amide bonds. The Bertz CT molecular complexity index is 183. The summed E-state index contributed by atoms with van der Waals surface area (Å²) in [5, 5.41) is 3.28. The molecule has 15 heavy (non-hydrogen) atoms. The summed E-state index contributed by atoms with van der Waals surface area (Å²) < 4.78 is 9.82.